The molecular weight excluding hydrogens is 180 g/mol. The molecule has 14 heavy (non-hydrogen) atoms. The summed E-state index contributed by atoms with van der Waals surface area (Å²) in [7, 11) is 1.57. The van der Waals surface area contributed by atoms with E-state index in [0.717, 1.165) is 22.2 Å². The maximum absolute atomic E-state index is 5.12. The van der Waals surface area contributed by atoms with Gasteiger partial charge < -0.3 is 4.74 Å². The van der Waals surface area contributed by atoms with Crippen molar-refractivity contribution in [3.8, 4) is 5.88 Å². The van der Waals surface area contributed by atoms with Crippen molar-refractivity contribution in [3.05, 3.63) is 17.6 Å². The molecule has 0 atom stereocenters. The van der Waals surface area contributed by atoms with Gasteiger partial charge in [-0.15, -0.1) is 5.10 Å². The summed E-state index contributed by atoms with van der Waals surface area (Å²) < 4.78 is 5.12. The lowest BCUT2D eigenvalue weighted by atomic mass is 10.2. The Morgan fingerprint density at radius 3 is 2.50 bits per heavy atom. The van der Waals surface area contributed by atoms with Gasteiger partial charge in [0.05, 0.1) is 30.1 Å². The van der Waals surface area contributed by atoms with Crippen molar-refractivity contribution in [2.75, 3.05) is 7.11 Å². The Morgan fingerprint density at radius 1 is 1.07 bits per heavy atom. The highest BCUT2D eigenvalue weighted by Crippen LogP contribution is 2.24. The molecule has 0 unspecified atom stereocenters. The Labute approximate surface area is 81.1 Å². The molecule has 0 saturated carbocycles. The minimum absolute atomic E-state index is 0.498. The molecule has 2 aromatic heterocycles. The molecule has 2 aromatic rings. The number of aryl methyl sites for hydroxylation is 2. The van der Waals surface area contributed by atoms with Crippen molar-refractivity contribution in [3.63, 3.8) is 0 Å². The second kappa shape index (κ2) is 3.17. The molecule has 5 nitrogen and oxygen atoms in total. The minimum atomic E-state index is 0.498. The van der Waals surface area contributed by atoms with Crippen LogP contribution in [0.5, 0.6) is 5.88 Å². The van der Waals surface area contributed by atoms with E-state index in [-0.39, 0.29) is 0 Å². The van der Waals surface area contributed by atoms with Gasteiger partial charge >= 0.3 is 0 Å². The number of rotatable bonds is 1. The van der Waals surface area contributed by atoms with Crippen molar-refractivity contribution in [1.29, 1.82) is 0 Å². The molecule has 0 aliphatic carbocycles. The van der Waals surface area contributed by atoms with E-state index in [1.165, 1.54) is 0 Å². The molecule has 0 bridgehead atoms. The van der Waals surface area contributed by atoms with Gasteiger partial charge in [0.2, 0.25) is 5.88 Å². The van der Waals surface area contributed by atoms with Crippen LogP contribution in [0.4, 0.5) is 0 Å². The standard InChI is InChI=1S/C9H10N4O/c1-5-7-4-10-13-9(14-3)8(7)6(2)12-11-5/h4H,1-3H3. The predicted molar refractivity (Wildman–Crippen MR) is 51.2 cm³/mol. The average Bonchev–Trinajstić information content (AvgIpc) is 2.23. The van der Waals surface area contributed by atoms with Crippen LogP contribution in [0.15, 0.2) is 6.20 Å². The first-order valence-electron chi connectivity index (χ1n) is 4.23. The lowest BCUT2D eigenvalue weighted by Crippen LogP contribution is -1.98. The zero-order valence-electron chi connectivity index (χ0n) is 8.27. The fourth-order valence-corrected chi connectivity index (χ4v) is 1.39. The number of hydrogen-bond acceptors (Lipinski definition) is 5. The maximum Gasteiger partial charge on any atom is 0.243 e. The molecule has 0 radical (unpaired) electrons. The van der Waals surface area contributed by atoms with Gasteiger partial charge in [-0.3, -0.25) is 0 Å². The molecule has 0 aromatic carbocycles. The van der Waals surface area contributed by atoms with Crippen molar-refractivity contribution in [2.24, 2.45) is 0 Å². The van der Waals surface area contributed by atoms with Crippen LogP contribution in [0.3, 0.4) is 0 Å². The number of hydrogen-bond donors (Lipinski definition) is 0. The van der Waals surface area contributed by atoms with E-state index in [9.17, 15) is 0 Å². The van der Waals surface area contributed by atoms with Crippen molar-refractivity contribution in [1.82, 2.24) is 20.4 Å². The summed E-state index contributed by atoms with van der Waals surface area (Å²) in [5.41, 5.74) is 1.64. The van der Waals surface area contributed by atoms with Gasteiger partial charge in [-0.05, 0) is 13.8 Å². The maximum atomic E-state index is 5.12. The van der Waals surface area contributed by atoms with E-state index < -0.39 is 0 Å². The smallest absolute Gasteiger partial charge is 0.243 e. The van der Waals surface area contributed by atoms with Gasteiger partial charge in [0.15, 0.2) is 0 Å². The number of methoxy groups -OCH3 is 1. The summed E-state index contributed by atoms with van der Waals surface area (Å²) in [5.74, 6) is 0.498. The van der Waals surface area contributed by atoms with Crippen LogP contribution in [-0.4, -0.2) is 27.5 Å². The Bertz CT molecular complexity index is 483. The molecule has 0 aliphatic rings. The lowest BCUT2D eigenvalue weighted by Gasteiger charge is -2.05. The molecule has 0 aliphatic heterocycles. The van der Waals surface area contributed by atoms with E-state index in [2.05, 4.69) is 20.4 Å². The Kier molecular flexibility index (Phi) is 1.99. The molecule has 0 N–H and O–H groups in total. The molecule has 2 heterocycles. The predicted octanol–water partition coefficient (Wildman–Crippen LogP) is 1.05. The summed E-state index contributed by atoms with van der Waals surface area (Å²) in [6.45, 7) is 3.76. The fourth-order valence-electron chi connectivity index (χ4n) is 1.39. The molecule has 0 saturated heterocycles. The van der Waals surface area contributed by atoms with E-state index in [4.69, 9.17) is 4.74 Å². The summed E-state index contributed by atoms with van der Waals surface area (Å²) in [6, 6.07) is 0. The topological polar surface area (TPSA) is 60.8 Å². The summed E-state index contributed by atoms with van der Waals surface area (Å²) >= 11 is 0. The second-order valence-corrected chi connectivity index (χ2v) is 3.01. The number of nitrogens with zero attached hydrogens (tertiary/aromatic N) is 4. The van der Waals surface area contributed by atoms with Crippen molar-refractivity contribution >= 4 is 10.8 Å². The third kappa shape index (κ3) is 1.17. The van der Waals surface area contributed by atoms with Crippen LogP contribution in [0.25, 0.3) is 10.8 Å². The second-order valence-electron chi connectivity index (χ2n) is 3.01. The van der Waals surface area contributed by atoms with Crippen LogP contribution in [0, 0.1) is 13.8 Å². The van der Waals surface area contributed by atoms with E-state index in [0.29, 0.717) is 5.88 Å². The van der Waals surface area contributed by atoms with Gasteiger partial charge in [-0.25, -0.2) is 0 Å². The van der Waals surface area contributed by atoms with Gasteiger partial charge in [0.25, 0.3) is 0 Å². The molecule has 2 rings (SSSR count). The zero-order valence-corrected chi connectivity index (χ0v) is 8.27. The first-order valence-corrected chi connectivity index (χ1v) is 4.23. The highest BCUT2D eigenvalue weighted by Gasteiger charge is 2.10. The first kappa shape index (κ1) is 8.80. The highest BCUT2D eigenvalue weighted by molar-refractivity contribution is 5.89. The van der Waals surface area contributed by atoms with Gasteiger partial charge in [-0.2, -0.15) is 15.3 Å². The Hall–Kier alpha value is -1.78. The summed E-state index contributed by atoms with van der Waals surface area (Å²) in [6.07, 6.45) is 1.68. The van der Waals surface area contributed by atoms with Gasteiger partial charge in [0.1, 0.15) is 0 Å². The zero-order chi connectivity index (χ0) is 10.1. The SMILES string of the molecule is COc1nncc2c(C)nnc(C)c12. The van der Waals surface area contributed by atoms with Crippen LogP contribution in [-0.2, 0) is 0 Å². The molecule has 0 amide bonds. The van der Waals surface area contributed by atoms with Crippen LogP contribution in [0.1, 0.15) is 11.4 Å². The molecule has 0 spiro atoms. The molecular formula is C9H10N4O. The average molecular weight is 190 g/mol. The highest BCUT2D eigenvalue weighted by atomic mass is 16.5. The Balaban J connectivity index is 2.92. The van der Waals surface area contributed by atoms with E-state index in [1.807, 2.05) is 13.8 Å². The third-order valence-corrected chi connectivity index (χ3v) is 2.11. The normalized spacial score (nSPS) is 10.5. The van der Waals surface area contributed by atoms with Gasteiger partial charge in [-0.1, -0.05) is 0 Å². The molecule has 0 fully saturated rings. The molecule has 5 heteroatoms. The Morgan fingerprint density at radius 2 is 1.79 bits per heavy atom. The summed E-state index contributed by atoms with van der Waals surface area (Å²) in [4.78, 5) is 0. The lowest BCUT2D eigenvalue weighted by molar-refractivity contribution is 0.397. The number of fused-ring (bicyclic) bond motifs is 1. The van der Waals surface area contributed by atoms with Crippen molar-refractivity contribution < 1.29 is 4.74 Å². The van der Waals surface area contributed by atoms with Crippen molar-refractivity contribution in [2.45, 2.75) is 13.8 Å². The largest absolute Gasteiger partial charge is 0.479 e. The van der Waals surface area contributed by atoms with Crippen LogP contribution < -0.4 is 4.74 Å². The quantitative estimate of drug-likeness (QED) is 0.672. The summed E-state index contributed by atoms with van der Waals surface area (Å²) in [5, 5.41) is 17.6. The molecule has 72 valence electrons. The van der Waals surface area contributed by atoms with E-state index in [1.54, 1.807) is 13.3 Å². The third-order valence-electron chi connectivity index (χ3n) is 2.11. The number of aromatic nitrogens is 4. The van der Waals surface area contributed by atoms with Gasteiger partial charge in [0, 0.05) is 5.39 Å². The first-order chi connectivity index (χ1) is 6.74. The van der Waals surface area contributed by atoms with Crippen LogP contribution in [0.2, 0.25) is 0 Å². The van der Waals surface area contributed by atoms with Crippen LogP contribution >= 0.6 is 0 Å². The van der Waals surface area contributed by atoms with E-state index >= 15 is 0 Å². The monoisotopic (exact) mass is 190 g/mol. The fraction of sp³-hybridized carbons (Fsp3) is 0.333. The minimum Gasteiger partial charge on any atom is -0.479 e. The number of ether oxygens (including phenoxy) is 1.